The van der Waals surface area contributed by atoms with Crippen molar-refractivity contribution in [2.75, 3.05) is 6.61 Å². The summed E-state index contributed by atoms with van der Waals surface area (Å²) in [5.41, 5.74) is 2.07. The molecule has 0 radical (unpaired) electrons. The van der Waals surface area contributed by atoms with Gasteiger partial charge in [-0.2, -0.15) is 0 Å². The molecule has 0 aliphatic carbocycles. The molecule has 0 aliphatic heterocycles. The van der Waals surface area contributed by atoms with E-state index in [0.717, 1.165) is 17.7 Å². The molecular weight excluding hydrogens is 238 g/mol. The molecule has 0 bridgehead atoms. The van der Waals surface area contributed by atoms with Crippen molar-refractivity contribution in [3.63, 3.8) is 0 Å². The van der Waals surface area contributed by atoms with Gasteiger partial charge in [-0.1, -0.05) is 18.2 Å². The van der Waals surface area contributed by atoms with Crippen LogP contribution in [0.1, 0.15) is 30.6 Å². The molecule has 0 saturated heterocycles. The quantitative estimate of drug-likeness (QED) is 0.864. The fourth-order valence-electron chi connectivity index (χ4n) is 1.96. The van der Waals surface area contributed by atoms with Crippen molar-refractivity contribution in [2.24, 2.45) is 0 Å². The van der Waals surface area contributed by atoms with Gasteiger partial charge in [-0.05, 0) is 49.1 Å². The monoisotopic (exact) mass is 257 g/mol. The van der Waals surface area contributed by atoms with Crippen molar-refractivity contribution < 1.29 is 9.84 Å². The van der Waals surface area contributed by atoms with E-state index >= 15 is 0 Å². The van der Waals surface area contributed by atoms with E-state index in [0.29, 0.717) is 13.0 Å². The molecule has 1 aromatic carbocycles. The molecule has 2 rings (SSSR count). The largest absolute Gasteiger partial charge is 0.494 e. The van der Waals surface area contributed by atoms with Crippen molar-refractivity contribution >= 4 is 0 Å². The number of aryl methyl sites for hydroxylation is 1. The summed E-state index contributed by atoms with van der Waals surface area (Å²) in [7, 11) is 0. The van der Waals surface area contributed by atoms with Crippen LogP contribution in [0.2, 0.25) is 0 Å². The third kappa shape index (κ3) is 4.07. The Morgan fingerprint density at radius 2 is 2.00 bits per heavy atom. The number of benzene rings is 1. The smallest absolute Gasteiger partial charge is 0.119 e. The van der Waals surface area contributed by atoms with Gasteiger partial charge in [0.1, 0.15) is 5.75 Å². The summed E-state index contributed by atoms with van der Waals surface area (Å²) in [5, 5.41) is 10.1. The lowest BCUT2D eigenvalue weighted by atomic mass is 10.0. The lowest BCUT2D eigenvalue weighted by molar-refractivity contribution is 0.167. The first-order chi connectivity index (χ1) is 9.29. The van der Waals surface area contributed by atoms with Crippen LogP contribution in [-0.4, -0.2) is 16.7 Å². The van der Waals surface area contributed by atoms with Crippen molar-refractivity contribution in [1.82, 2.24) is 4.98 Å². The number of ether oxygens (including phenoxy) is 1. The average molecular weight is 257 g/mol. The first-order valence-corrected chi connectivity index (χ1v) is 6.59. The zero-order valence-electron chi connectivity index (χ0n) is 11.1. The van der Waals surface area contributed by atoms with Gasteiger partial charge in [0.2, 0.25) is 0 Å². The predicted octanol–water partition coefficient (Wildman–Crippen LogP) is 3.15. The van der Waals surface area contributed by atoms with Gasteiger partial charge in [-0.3, -0.25) is 4.98 Å². The Balaban J connectivity index is 1.88. The summed E-state index contributed by atoms with van der Waals surface area (Å²) >= 11 is 0. The normalized spacial score (nSPS) is 12.1. The summed E-state index contributed by atoms with van der Waals surface area (Å²) in [6.45, 7) is 2.65. The van der Waals surface area contributed by atoms with Crippen molar-refractivity contribution in [3.05, 3.63) is 59.9 Å². The molecule has 0 amide bonds. The molecule has 2 aromatic rings. The molecule has 1 unspecified atom stereocenters. The van der Waals surface area contributed by atoms with Crippen LogP contribution in [0.5, 0.6) is 5.75 Å². The highest BCUT2D eigenvalue weighted by molar-refractivity contribution is 5.27. The third-order valence-electron chi connectivity index (χ3n) is 3.01. The zero-order valence-corrected chi connectivity index (χ0v) is 11.1. The molecule has 1 atom stereocenters. The fourth-order valence-corrected chi connectivity index (χ4v) is 1.96. The molecule has 0 fully saturated rings. The van der Waals surface area contributed by atoms with Crippen LogP contribution in [0.3, 0.4) is 0 Å². The van der Waals surface area contributed by atoms with E-state index in [1.54, 1.807) is 12.4 Å². The van der Waals surface area contributed by atoms with Crippen molar-refractivity contribution in [3.8, 4) is 5.75 Å². The second kappa shape index (κ2) is 6.90. The van der Waals surface area contributed by atoms with E-state index in [2.05, 4.69) is 4.98 Å². The zero-order chi connectivity index (χ0) is 13.5. The van der Waals surface area contributed by atoms with Crippen LogP contribution < -0.4 is 4.74 Å². The lowest BCUT2D eigenvalue weighted by Gasteiger charge is -2.10. The van der Waals surface area contributed by atoms with Crippen LogP contribution in [0.4, 0.5) is 0 Å². The topological polar surface area (TPSA) is 42.4 Å². The maximum absolute atomic E-state index is 10.1. The first kappa shape index (κ1) is 13.6. The Hall–Kier alpha value is -1.87. The minimum atomic E-state index is -0.458. The van der Waals surface area contributed by atoms with Crippen LogP contribution in [0.15, 0.2) is 48.8 Å². The molecular formula is C16H19NO2. The maximum atomic E-state index is 10.1. The van der Waals surface area contributed by atoms with Gasteiger partial charge in [-0.15, -0.1) is 0 Å². The van der Waals surface area contributed by atoms with Gasteiger partial charge in [0.05, 0.1) is 12.7 Å². The third-order valence-corrected chi connectivity index (χ3v) is 3.01. The van der Waals surface area contributed by atoms with Gasteiger partial charge in [-0.25, -0.2) is 0 Å². The maximum Gasteiger partial charge on any atom is 0.119 e. The summed E-state index contributed by atoms with van der Waals surface area (Å²) in [4.78, 5) is 4.02. The van der Waals surface area contributed by atoms with E-state index in [1.807, 2.05) is 43.3 Å². The van der Waals surface area contributed by atoms with E-state index < -0.39 is 6.10 Å². The highest BCUT2D eigenvalue weighted by Crippen LogP contribution is 2.19. The second-order valence-corrected chi connectivity index (χ2v) is 4.42. The molecule has 3 heteroatoms. The molecule has 1 heterocycles. The Morgan fingerprint density at radius 1 is 1.21 bits per heavy atom. The fraction of sp³-hybridized carbons (Fsp3) is 0.312. The number of rotatable bonds is 6. The molecule has 100 valence electrons. The number of pyridine rings is 1. The molecule has 0 spiro atoms. The van der Waals surface area contributed by atoms with Crippen LogP contribution in [-0.2, 0) is 6.42 Å². The Bertz CT molecular complexity index is 482. The highest BCUT2D eigenvalue weighted by Gasteiger charge is 2.07. The van der Waals surface area contributed by atoms with Gasteiger partial charge >= 0.3 is 0 Å². The number of nitrogens with zero attached hydrogens (tertiary/aromatic N) is 1. The number of aromatic nitrogens is 1. The van der Waals surface area contributed by atoms with Crippen LogP contribution in [0, 0.1) is 0 Å². The minimum absolute atomic E-state index is 0.458. The lowest BCUT2D eigenvalue weighted by Crippen LogP contribution is -2.00. The van der Waals surface area contributed by atoms with E-state index in [-0.39, 0.29) is 0 Å². The van der Waals surface area contributed by atoms with Gasteiger partial charge in [0, 0.05) is 12.4 Å². The van der Waals surface area contributed by atoms with Gasteiger partial charge in [0.25, 0.3) is 0 Å². The van der Waals surface area contributed by atoms with Gasteiger partial charge < -0.3 is 9.84 Å². The molecule has 3 nitrogen and oxygen atoms in total. The molecule has 1 aromatic heterocycles. The van der Waals surface area contributed by atoms with E-state index in [9.17, 15) is 5.11 Å². The van der Waals surface area contributed by atoms with Crippen molar-refractivity contribution in [2.45, 2.75) is 25.9 Å². The number of aliphatic hydroxyl groups excluding tert-OH is 1. The SMILES string of the molecule is CCOc1ccc(CCC(O)c2cccnc2)cc1. The van der Waals surface area contributed by atoms with Crippen LogP contribution in [0.25, 0.3) is 0 Å². The summed E-state index contributed by atoms with van der Waals surface area (Å²) in [6, 6.07) is 11.8. The number of aliphatic hydroxyl groups is 1. The summed E-state index contributed by atoms with van der Waals surface area (Å²) in [5.74, 6) is 0.888. The highest BCUT2D eigenvalue weighted by atomic mass is 16.5. The Kier molecular flexibility index (Phi) is 4.93. The van der Waals surface area contributed by atoms with Crippen LogP contribution >= 0.6 is 0 Å². The Morgan fingerprint density at radius 3 is 2.63 bits per heavy atom. The molecule has 0 saturated carbocycles. The first-order valence-electron chi connectivity index (χ1n) is 6.59. The molecule has 1 N–H and O–H groups in total. The predicted molar refractivity (Wildman–Crippen MR) is 75.1 cm³/mol. The van der Waals surface area contributed by atoms with Crippen molar-refractivity contribution in [1.29, 1.82) is 0 Å². The molecule has 19 heavy (non-hydrogen) atoms. The Labute approximate surface area is 113 Å². The second-order valence-electron chi connectivity index (χ2n) is 4.42. The minimum Gasteiger partial charge on any atom is -0.494 e. The summed E-state index contributed by atoms with van der Waals surface area (Å²) < 4.78 is 5.40. The van der Waals surface area contributed by atoms with Gasteiger partial charge in [0.15, 0.2) is 0 Å². The van der Waals surface area contributed by atoms with E-state index in [1.165, 1.54) is 5.56 Å². The summed E-state index contributed by atoms with van der Waals surface area (Å²) in [6.07, 6.45) is 4.49. The number of hydrogen-bond donors (Lipinski definition) is 1. The van der Waals surface area contributed by atoms with E-state index in [4.69, 9.17) is 4.74 Å². The number of hydrogen-bond acceptors (Lipinski definition) is 3. The molecule has 0 aliphatic rings. The average Bonchev–Trinajstić information content (AvgIpc) is 2.47. The standard InChI is InChI=1S/C16H19NO2/c1-2-19-15-8-5-13(6-9-15)7-10-16(18)14-4-3-11-17-12-14/h3-6,8-9,11-12,16,18H,2,7,10H2,1H3.